The first-order valence-corrected chi connectivity index (χ1v) is 11.1. The van der Waals surface area contributed by atoms with Gasteiger partial charge >= 0.3 is 0 Å². The molecule has 0 aliphatic heterocycles. The number of nitrogens with zero attached hydrogens (tertiary/aromatic N) is 1. The summed E-state index contributed by atoms with van der Waals surface area (Å²) in [5, 5.41) is 5.96. The molecule has 3 aromatic rings. The highest BCUT2D eigenvalue weighted by atomic mass is 32.1. The average Bonchev–Trinajstić information content (AvgIpc) is 3.28. The molecule has 3 rings (SSSR count). The summed E-state index contributed by atoms with van der Waals surface area (Å²) in [6.07, 6.45) is 1.51. The van der Waals surface area contributed by atoms with Gasteiger partial charge < -0.3 is 20.5 Å². The molecule has 0 spiro atoms. The molecule has 168 valence electrons. The van der Waals surface area contributed by atoms with Crippen LogP contribution in [0.4, 0.5) is 0 Å². The Balaban J connectivity index is 1.81. The van der Waals surface area contributed by atoms with E-state index < -0.39 is 5.91 Å². The van der Waals surface area contributed by atoms with Gasteiger partial charge in [0.2, 0.25) is 11.8 Å². The van der Waals surface area contributed by atoms with E-state index in [2.05, 4.69) is 10.3 Å². The summed E-state index contributed by atoms with van der Waals surface area (Å²) in [5.74, 6) is 0.507. The summed E-state index contributed by atoms with van der Waals surface area (Å²) < 4.78 is 10.8. The molecule has 0 aliphatic carbocycles. The van der Waals surface area contributed by atoms with Crippen LogP contribution >= 0.6 is 11.3 Å². The Morgan fingerprint density at radius 2 is 1.88 bits per heavy atom. The van der Waals surface area contributed by atoms with E-state index in [4.69, 9.17) is 15.2 Å². The number of hydrogen-bond donors (Lipinski definition) is 2. The van der Waals surface area contributed by atoms with Gasteiger partial charge in [0.25, 0.3) is 0 Å². The molecule has 1 aromatic heterocycles. The Morgan fingerprint density at radius 1 is 1.12 bits per heavy atom. The summed E-state index contributed by atoms with van der Waals surface area (Å²) in [7, 11) is 3.12. The maximum Gasteiger partial charge on any atom is 0.248 e. The zero-order chi connectivity index (χ0) is 23.1. The molecule has 3 N–H and O–H groups in total. The number of hydrogen-bond acceptors (Lipinski definition) is 6. The van der Waals surface area contributed by atoms with Gasteiger partial charge in [-0.15, -0.1) is 11.3 Å². The van der Waals surface area contributed by atoms with Gasteiger partial charge in [-0.1, -0.05) is 31.2 Å². The fraction of sp³-hybridized carbons (Fsp3) is 0.292. The fourth-order valence-corrected chi connectivity index (χ4v) is 4.35. The van der Waals surface area contributed by atoms with Crippen molar-refractivity contribution in [1.29, 1.82) is 0 Å². The van der Waals surface area contributed by atoms with E-state index >= 15 is 0 Å². The molecular formula is C24H27N3O4S. The van der Waals surface area contributed by atoms with Crippen LogP contribution in [-0.4, -0.2) is 31.0 Å². The van der Waals surface area contributed by atoms with Gasteiger partial charge in [-0.25, -0.2) is 4.98 Å². The Kier molecular flexibility index (Phi) is 7.83. The Hall–Kier alpha value is -3.39. The van der Waals surface area contributed by atoms with Crippen LogP contribution in [0, 0.1) is 0 Å². The van der Waals surface area contributed by atoms with Crippen LogP contribution in [0.1, 0.15) is 45.2 Å². The lowest BCUT2D eigenvalue weighted by molar-refractivity contribution is -0.121. The molecule has 2 amide bonds. The lowest BCUT2D eigenvalue weighted by atomic mass is 10.0. The van der Waals surface area contributed by atoms with E-state index in [1.54, 1.807) is 32.4 Å². The molecule has 0 radical (unpaired) electrons. The second-order valence-electron chi connectivity index (χ2n) is 7.25. The van der Waals surface area contributed by atoms with Crippen LogP contribution in [0.25, 0.3) is 0 Å². The normalized spacial score (nSPS) is 11.6. The molecule has 7 nitrogen and oxygen atoms in total. The highest BCUT2D eigenvalue weighted by molar-refractivity contribution is 7.09. The molecule has 1 atom stereocenters. The number of primary amides is 1. The minimum atomic E-state index is -0.471. The maximum absolute atomic E-state index is 13.0. The van der Waals surface area contributed by atoms with Crippen LogP contribution in [0.3, 0.4) is 0 Å². The van der Waals surface area contributed by atoms with E-state index in [1.165, 1.54) is 11.3 Å². The first-order valence-electron chi connectivity index (χ1n) is 10.3. The lowest BCUT2D eigenvalue weighted by Crippen LogP contribution is -2.31. The molecule has 1 unspecified atom stereocenters. The van der Waals surface area contributed by atoms with Gasteiger partial charge in [0.15, 0.2) is 11.5 Å². The number of nitrogens with two attached hydrogens (primary N) is 1. The third-order valence-electron chi connectivity index (χ3n) is 5.08. The van der Waals surface area contributed by atoms with Crippen molar-refractivity contribution in [3.05, 3.63) is 75.2 Å². The number of nitrogens with one attached hydrogen (secondary N) is 1. The Bertz CT molecular complexity index is 1080. The molecule has 0 fully saturated rings. The predicted octanol–water partition coefficient (Wildman–Crippen LogP) is 3.46. The highest BCUT2D eigenvalue weighted by Gasteiger charge is 2.21. The zero-order valence-corrected chi connectivity index (χ0v) is 19.2. The summed E-state index contributed by atoms with van der Waals surface area (Å²) in [6.45, 7) is 2.05. The molecular weight excluding hydrogens is 426 g/mol. The van der Waals surface area contributed by atoms with Crippen molar-refractivity contribution in [2.45, 2.75) is 32.2 Å². The number of aryl methyl sites for hydroxylation is 1. The predicted molar refractivity (Wildman–Crippen MR) is 124 cm³/mol. The second-order valence-corrected chi connectivity index (χ2v) is 8.14. The fourth-order valence-electron chi connectivity index (χ4n) is 3.40. The van der Waals surface area contributed by atoms with Crippen LogP contribution in [0.5, 0.6) is 11.5 Å². The summed E-state index contributed by atoms with van der Waals surface area (Å²) in [6, 6.07) is 12.2. The van der Waals surface area contributed by atoms with Crippen LogP contribution in [0.15, 0.2) is 47.8 Å². The van der Waals surface area contributed by atoms with Crippen LogP contribution in [0.2, 0.25) is 0 Å². The van der Waals surface area contributed by atoms with Crippen molar-refractivity contribution in [3.8, 4) is 11.5 Å². The van der Waals surface area contributed by atoms with Crippen molar-refractivity contribution in [2.75, 3.05) is 14.2 Å². The number of rotatable bonds is 10. The Morgan fingerprint density at radius 3 is 2.47 bits per heavy atom. The van der Waals surface area contributed by atoms with Gasteiger partial charge in [0.1, 0.15) is 5.01 Å². The first-order chi connectivity index (χ1) is 15.4. The molecule has 32 heavy (non-hydrogen) atoms. The number of thiazole rings is 1. The average molecular weight is 454 g/mol. The van der Waals surface area contributed by atoms with Crippen molar-refractivity contribution in [1.82, 2.24) is 10.3 Å². The Labute approximate surface area is 191 Å². The van der Waals surface area contributed by atoms with Crippen molar-refractivity contribution < 1.29 is 19.1 Å². The van der Waals surface area contributed by atoms with Crippen molar-refractivity contribution >= 4 is 23.2 Å². The quantitative estimate of drug-likeness (QED) is 0.489. The molecule has 8 heteroatoms. The smallest absolute Gasteiger partial charge is 0.248 e. The molecule has 0 saturated heterocycles. The minimum Gasteiger partial charge on any atom is -0.493 e. The summed E-state index contributed by atoms with van der Waals surface area (Å²) in [4.78, 5) is 29.0. The van der Waals surface area contributed by atoms with Crippen molar-refractivity contribution in [3.63, 3.8) is 0 Å². The molecule has 1 heterocycles. The van der Waals surface area contributed by atoms with E-state index in [9.17, 15) is 9.59 Å². The monoisotopic (exact) mass is 453 g/mol. The zero-order valence-electron chi connectivity index (χ0n) is 18.4. The van der Waals surface area contributed by atoms with Crippen LogP contribution in [-0.2, 0) is 24.1 Å². The minimum absolute atomic E-state index is 0.142. The van der Waals surface area contributed by atoms with Gasteiger partial charge in [0, 0.05) is 16.5 Å². The highest BCUT2D eigenvalue weighted by Crippen LogP contribution is 2.31. The number of benzene rings is 2. The number of carbonyl (C=O) groups is 2. The van der Waals surface area contributed by atoms with Gasteiger partial charge in [-0.2, -0.15) is 0 Å². The molecule has 2 aromatic carbocycles. The largest absolute Gasteiger partial charge is 0.493 e. The second kappa shape index (κ2) is 10.8. The van der Waals surface area contributed by atoms with E-state index in [0.29, 0.717) is 23.5 Å². The van der Waals surface area contributed by atoms with Gasteiger partial charge in [-0.3, -0.25) is 9.59 Å². The number of para-hydroxylation sites is 1. The standard InChI is InChI=1S/C24H27N3O4S/c1-4-18-14-32-24(26-18)19(12-15-8-10-16(11-9-15)23(25)29)27-21(28)13-17-6-5-7-20(30-2)22(17)31-3/h5-11,14,19H,4,12-13H2,1-3H3,(H2,25,29)(H,27,28). The summed E-state index contributed by atoms with van der Waals surface area (Å²) >= 11 is 1.53. The van der Waals surface area contributed by atoms with E-state index in [0.717, 1.165) is 28.2 Å². The number of aromatic nitrogens is 1. The maximum atomic E-state index is 13.0. The number of amides is 2. The number of methoxy groups -OCH3 is 2. The molecule has 0 saturated carbocycles. The number of carbonyl (C=O) groups excluding carboxylic acids is 2. The van der Waals surface area contributed by atoms with Crippen LogP contribution < -0.4 is 20.5 Å². The molecule has 0 bridgehead atoms. The molecule has 0 aliphatic rings. The van der Waals surface area contributed by atoms with Crippen molar-refractivity contribution in [2.24, 2.45) is 5.73 Å². The lowest BCUT2D eigenvalue weighted by Gasteiger charge is -2.18. The summed E-state index contributed by atoms with van der Waals surface area (Å²) in [5.41, 5.74) is 8.47. The van der Waals surface area contributed by atoms with E-state index in [-0.39, 0.29) is 18.4 Å². The SMILES string of the molecule is CCc1csc(C(Cc2ccc(C(N)=O)cc2)NC(=O)Cc2cccc(OC)c2OC)n1. The van der Waals surface area contributed by atoms with E-state index in [1.807, 2.05) is 36.6 Å². The van der Waals surface area contributed by atoms with Gasteiger partial charge in [-0.05, 0) is 36.6 Å². The first kappa shape index (κ1) is 23.3. The van der Waals surface area contributed by atoms with Gasteiger partial charge in [0.05, 0.1) is 32.4 Å². The third-order valence-corrected chi connectivity index (χ3v) is 6.09. The topological polar surface area (TPSA) is 104 Å². The third kappa shape index (κ3) is 5.64. The number of ether oxygens (including phenoxy) is 2.